The number of phenolic OH excluding ortho intramolecular Hbond substituents is 1. The van der Waals surface area contributed by atoms with Gasteiger partial charge in [-0.1, -0.05) is 75.7 Å². The smallest absolute Gasteiger partial charge is 0.189 e. The molecule has 22 heavy (non-hydrogen) atoms. The maximum atomic E-state index is 11.9. The van der Waals surface area contributed by atoms with Crippen molar-refractivity contribution in [1.29, 1.82) is 0 Å². The lowest BCUT2D eigenvalue weighted by Crippen LogP contribution is -1.94. The monoisotopic (exact) mass is 298 g/mol. The van der Waals surface area contributed by atoms with Crippen LogP contribution in [0.5, 0.6) is 5.75 Å². The quantitative estimate of drug-likeness (QED) is 0.587. The van der Waals surface area contributed by atoms with Crippen molar-refractivity contribution in [3.05, 3.63) is 71.3 Å². The molecule has 2 heteroatoms. The van der Waals surface area contributed by atoms with Gasteiger partial charge in [-0.2, -0.15) is 0 Å². The summed E-state index contributed by atoms with van der Waals surface area (Å²) >= 11 is 0. The number of aromatic hydroxyl groups is 1. The second-order valence-corrected chi connectivity index (χ2v) is 4.13. The molecule has 2 rings (SSSR count). The number of hydrogen-bond acceptors (Lipinski definition) is 2. The number of benzene rings is 2. The van der Waals surface area contributed by atoms with E-state index in [0.717, 1.165) is 5.56 Å². The van der Waals surface area contributed by atoms with Crippen LogP contribution in [0.25, 0.3) is 6.08 Å². The topological polar surface area (TPSA) is 37.3 Å². The standard InChI is InChI=1S/C16H14O2.2C2H6/c1-12-6-8-13(9-7-12)10-11-16(18)14-4-2-3-5-15(14)17;2*1-2/h2-11,17H,1H3;2*1-2H3/b11-10+;;. The van der Waals surface area contributed by atoms with Gasteiger partial charge >= 0.3 is 0 Å². The molecule has 0 aliphatic carbocycles. The maximum Gasteiger partial charge on any atom is 0.189 e. The minimum Gasteiger partial charge on any atom is -0.507 e. The Morgan fingerprint density at radius 3 is 2.00 bits per heavy atom. The third-order valence-electron chi connectivity index (χ3n) is 2.67. The van der Waals surface area contributed by atoms with Crippen LogP contribution in [0.1, 0.15) is 49.2 Å². The van der Waals surface area contributed by atoms with E-state index in [1.165, 1.54) is 17.7 Å². The number of para-hydroxylation sites is 1. The lowest BCUT2D eigenvalue weighted by atomic mass is 10.1. The van der Waals surface area contributed by atoms with Crippen LogP contribution in [0, 0.1) is 6.92 Å². The van der Waals surface area contributed by atoms with Gasteiger partial charge in [-0.05, 0) is 30.7 Å². The third kappa shape index (κ3) is 6.40. The summed E-state index contributed by atoms with van der Waals surface area (Å²) in [5.41, 5.74) is 2.46. The zero-order valence-electron chi connectivity index (χ0n) is 14.1. The molecular formula is C20H26O2. The molecule has 0 unspecified atom stereocenters. The van der Waals surface area contributed by atoms with E-state index in [2.05, 4.69) is 0 Å². The minimum absolute atomic E-state index is 0.0102. The van der Waals surface area contributed by atoms with Crippen molar-refractivity contribution in [3.8, 4) is 5.75 Å². The van der Waals surface area contributed by atoms with Crippen LogP contribution in [0.4, 0.5) is 0 Å². The van der Waals surface area contributed by atoms with Crippen LogP contribution in [-0.2, 0) is 0 Å². The molecule has 2 aromatic carbocycles. The Morgan fingerprint density at radius 2 is 1.45 bits per heavy atom. The predicted molar refractivity (Wildman–Crippen MR) is 95.3 cm³/mol. The molecule has 0 aromatic heterocycles. The fourth-order valence-corrected chi connectivity index (χ4v) is 1.62. The van der Waals surface area contributed by atoms with Gasteiger partial charge in [0.05, 0.1) is 5.56 Å². The summed E-state index contributed by atoms with van der Waals surface area (Å²) in [6, 6.07) is 14.4. The average Bonchev–Trinajstić information content (AvgIpc) is 2.58. The van der Waals surface area contributed by atoms with Crippen molar-refractivity contribution < 1.29 is 9.90 Å². The summed E-state index contributed by atoms with van der Waals surface area (Å²) in [7, 11) is 0. The Morgan fingerprint density at radius 1 is 0.909 bits per heavy atom. The SMILES string of the molecule is CC.CC.Cc1ccc(/C=C/C(=O)c2ccccc2O)cc1. The first kappa shape index (κ1) is 19.7. The highest BCUT2D eigenvalue weighted by atomic mass is 16.3. The number of carbonyl (C=O) groups is 1. The number of hydrogen-bond donors (Lipinski definition) is 1. The van der Waals surface area contributed by atoms with Gasteiger partial charge in [0.25, 0.3) is 0 Å². The van der Waals surface area contributed by atoms with E-state index in [9.17, 15) is 9.90 Å². The number of phenols is 1. The first-order valence-corrected chi connectivity index (χ1v) is 7.74. The van der Waals surface area contributed by atoms with Crippen LogP contribution in [0.2, 0.25) is 0 Å². The number of carbonyl (C=O) groups excluding carboxylic acids is 1. The molecule has 0 aliphatic rings. The van der Waals surface area contributed by atoms with Gasteiger partial charge in [0.2, 0.25) is 0 Å². The van der Waals surface area contributed by atoms with Gasteiger partial charge in [0.1, 0.15) is 5.75 Å². The van der Waals surface area contributed by atoms with Crippen LogP contribution in [-0.4, -0.2) is 10.9 Å². The number of rotatable bonds is 3. The van der Waals surface area contributed by atoms with E-state index in [-0.39, 0.29) is 11.5 Å². The van der Waals surface area contributed by atoms with Gasteiger partial charge < -0.3 is 5.11 Å². The maximum absolute atomic E-state index is 11.9. The molecule has 0 heterocycles. The fraction of sp³-hybridized carbons (Fsp3) is 0.250. The molecule has 1 N–H and O–H groups in total. The molecule has 0 atom stereocenters. The van der Waals surface area contributed by atoms with E-state index in [1.807, 2.05) is 58.9 Å². The first-order chi connectivity index (χ1) is 10.7. The summed E-state index contributed by atoms with van der Waals surface area (Å²) in [6.07, 6.45) is 3.22. The third-order valence-corrected chi connectivity index (χ3v) is 2.67. The van der Waals surface area contributed by atoms with Crippen LogP contribution in [0.3, 0.4) is 0 Å². The summed E-state index contributed by atoms with van der Waals surface area (Å²) < 4.78 is 0. The number of ketones is 1. The van der Waals surface area contributed by atoms with E-state index in [1.54, 1.807) is 24.3 Å². The van der Waals surface area contributed by atoms with E-state index >= 15 is 0 Å². The summed E-state index contributed by atoms with van der Waals surface area (Å²) in [5, 5.41) is 9.56. The van der Waals surface area contributed by atoms with Gasteiger partial charge in [-0.25, -0.2) is 0 Å². The van der Waals surface area contributed by atoms with E-state index in [4.69, 9.17) is 0 Å². The molecule has 0 aliphatic heterocycles. The predicted octanol–water partition coefficient (Wildman–Crippen LogP) is 5.65. The number of allylic oxidation sites excluding steroid dienone is 1. The Labute approximate surface area is 134 Å². The highest BCUT2D eigenvalue weighted by molar-refractivity contribution is 6.08. The van der Waals surface area contributed by atoms with Crippen molar-refractivity contribution in [2.24, 2.45) is 0 Å². The highest BCUT2D eigenvalue weighted by Gasteiger charge is 2.06. The minimum atomic E-state index is -0.200. The zero-order chi connectivity index (χ0) is 17.0. The normalized spacial score (nSPS) is 9.32. The highest BCUT2D eigenvalue weighted by Crippen LogP contribution is 2.17. The molecule has 2 nitrogen and oxygen atoms in total. The molecule has 0 saturated carbocycles. The molecule has 2 aromatic rings. The van der Waals surface area contributed by atoms with Crippen molar-refractivity contribution in [2.75, 3.05) is 0 Å². The molecular weight excluding hydrogens is 272 g/mol. The molecule has 0 spiro atoms. The van der Waals surface area contributed by atoms with Crippen molar-refractivity contribution in [1.82, 2.24) is 0 Å². The Bertz CT molecular complexity index is 581. The van der Waals surface area contributed by atoms with Crippen molar-refractivity contribution in [2.45, 2.75) is 34.6 Å². The largest absolute Gasteiger partial charge is 0.507 e. The first-order valence-electron chi connectivity index (χ1n) is 7.74. The van der Waals surface area contributed by atoms with Gasteiger partial charge in [-0.15, -0.1) is 0 Å². The molecule has 0 fully saturated rings. The molecule has 118 valence electrons. The average molecular weight is 298 g/mol. The van der Waals surface area contributed by atoms with Gasteiger partial charge in [0.15, 0.2) is 5.78 Å². The molecule has 0 bridgehead atoms. The second-order valence-electron chi connectivity index (χ2n) is 4.13. The Balaban J connectivity index is 0.00000102. The zero-order valence-corrected chi connectivity index (χ0v) is 14.1. The van der Waals surface area contributed by atoms with Crippen molar-refractivity contribution in [3.63, 3.8) is 0 Å². The van der Waals surface area contributed by atoms with Gasteiger partial charge in [0, 0.05) is 0 Å². The van der Waals surface area contributed by atoms with Crippen LogP contribution >= 0.6 is 0 Å². The second kappa shape index (κ2) is 11.3. The molecule has 0 radical (unpaired) electrons. The Hall–Kier alpha value is -2.35. The molecule has 0 saturated heterocycles. The number of aryl methyl sites for hydroxylation is 1. The van der Waals surface area contributed by atoms with Crippen LogP contribution < -0.4 is 0 Å². The summed E-state index contributed by atoms with van der Waals surface area (Å²) in [5.74, 6) is -0.190. The Kier molecular flexibility index (Phi) is 10.1. The summed E-state index contributed by atoms with van der Waals surface area (Å²) in [6.45, 7) is 10.0. The van der Waals surface area contributed by atoms with E-state index in [0.29, 0.717) is 5.56 Å². The van der Waals surface area contributed by atoms with Crippen LogP contribution in [0.15, 0.2) is 54.6 Å². The fourth-order valence-electron chi connectivity index (χ4n) is 1.62. The molecule has 0 amide bonds. The van der Waals surface area contributed by atoms with Crippen molar-refractivity contribution >= 4 is 11.9 Å². The lowest BCUT2D eigenvalue weighted by Gasteiger charge is -1.99. The van der Waals surface area contributed by atoms with Gasteiger partial charge in [-0.3, -0.25) is 4.79 Å². The lowest BCUT2D eigenvalue weighted by molar-refractivity contribution is 0.104. The van der Waals surface area contributed by atoms with E-state index < -0.39 is 0 Å². The summed E-state index contributed by atoms with van der Waals surface area (Å²) in [4.78, 5) is 11.9.